The number of hydrogen-bond donors (Lipinski definition) is 1. The van der Waals surface area contributed by atoms with Crippen LogP contribution in [0.5, 0.6) is 0 Å². The fourth-order valence-corrected chi connectivity index (χ4v) is 4.42. The van der Waals surface area contributed by atoms with Gasteiger partial charge in [0.05, 0.1) is 5.56 Å². The highest BCUT2D eigenvalue weighted by Gasteiger charge is 2.23. The summed E-state index contributed by atoms with van der Waals surface area (Å²) in [5.74, 6) is 0.0235. The van der Waals surface area contributed by atoms with Crippen LogP contribution in [0.4, 0.5) is 5.13 Å². The molecule has 0 radical (unpaired) electrons. The lowest BCUT2D eigenvalue weighted by atomic mass is 10.2. The number of amides is 1. The number of anilines is 1. The first-order chi connectivity index (χ1) is 12.5. The fraction of sp³-hybridized carbons (Fsp3) is 0.158. The van der Waals surface area contributed by atoms with E-state index in [0.717, 1.165) is 4.88 Å². The lowest BCUT2D eigenvalue weighted by molar-refractivity contribution is 0.102. The van der Waals surface area contributed by atoms with Gasteiger partial charge in [0.25, 0.3) is 5.91 Å². The summed E-state index contributed by atoms with van der Waals surface area (Å²) < 4.78 is 12.9. The van der Waals surface area contributed by atoms with Crippen molar-refractivity contribution in [3.63, 3.8) is 0 Å². The Balaban J connectivity index is 1.85. The van der Waals surface area contributed by atoms with Gasteiger partial charge < -0.3 is 4.55 Å². The predicted molar refractivity (Wildman–Crippen MR) is 107 cm³/mol. The molecule has 3 rings (SSSR count). The average molecular weight is 405 g/mol. The monoisotopic (exact) mass is 404 g/mol. The normalized spacial score (nSPS) is 12.2. The molecule has 26 heavy (non-hydrogen) atoms. The maximum Gasteiger partial charge on any atom is 0.262 e. The lowest BCUT2D eigenvalue weighted by Crippen LogP contribution is -2.16. The van der Waals surface area contributed by atoms with Gasteiger partial charge in [-0.05, 0) is 42.3 Å². The first-order valence-corrected chi connectivity index (χ1v) is 10.3. The van der Waals surface area contributed by atoms with Gasteiger partial charge in [0.15, 0.2) is 14.9 Å². The van der Waals surface area contributed by atoms with E-state index in [4.69, 9.17) is 11.6 Å². The number of carbonyl (C=O) groups is 1. The van der Waals surface area contributed by atoms with Crippen molar-refractivity contribution in [3.8, 4) is 0 Å². The van der Waals surface area contributed by atoms with Crippen LogP contribution in [-0.2, 0) is 11.2 Å². The van der Waals surface area contributed by atoms with Crippen LogP contribution in [0, 0.1) is 0 Å². The van der Waals surface area contributed by atoms with Gasteiger partial charge in [-0.2, -0.15) is 0 Å². The second kappa shape index (κ2) is 8.22. The maximum absolute atomic E-state index is 12.9. The Bertz CT molecular complexity index is 910. The highest BCUT2D eigenvalue weighted by Crippen LogP contribution is 2.28. The van der Waals surface area contributed by atoms with E-state index in [1.54, 1.807) is 54.7 Å². The second-order valence-electron chi connectivity index (χ2n) is 5.90. The second-order valence-corrected chi connectivity index (χ2v) is 8.84. The predicted octanol–water partition coefficient (Wildman–Crippen LogP) is 5.34. The Morgan fingerprint density at radius 2 is 1.88 bits per heavy atom. The fourth-order valence-electron chi connectivity index (χ4n) is 2.28. The highest BCUT2D eigenvalue weighted by molar-refractivity contribution is 7.91. The zero-order valence-corrected chi connectivity index (χ0v) is 16.6. The molecule has 4 nitrogen and oxygen atoms in total. The number of benzene rings is 2. The van der Waals surface area contributed by atoms with Crippen molar-refractivity contribution >= 4 is 45.2 Å². The lowest BCUT2D eigenvalue weighted by Gasteiger charge is -2.13. The van der Waals surface area contributed by atoms with Crippen LogP contribution in [0.1, 0.15) is 35.0 Å². The molecule has 1 N–H and O–H groups in total. The summed E-state index contributed by atoms with van der Waals surface area (Å²) in [7, 11) is 0. The van der Waals surface area contributed by atoms with E-state index in [2.05, 4.69) is 24.1 Å². The minimum Gasteiger partial charge on any atom is -0.606 e. The van der Waals surface area contributed by atoms with Crippen molar-refractivity contribution in [2.45, 2.75) is 29.6 Å². The van der Waals surface area contributed by atoms with Gasteiger partial charge in [-0.3, -0.25) is 10.1 Å². The van der Waals surface area contributed by atoms with Crippen LogP contribution in [-0.4, -0.2) is 15.4 Å². The van der Waals surface area contributed by atoms with Gasteiger partial charge in [-0.25, -0.2) is 4.98 Å². The van der Waals surface area contributed by atoms with Crippen LogP contribution in [0.25, 0.3) is 0 Å². The third kappa shape index (κ3) is 4.27. The number of nitrogens with zero attached hydrogens (tertiary/aromatic N) is 1. The Hall–Kier alpha value is -1.86. The van der Waals surface area contributed by atoms with Gasteiger partial charge in [-0.1, -0.05) is 37.6 Å². The first-order valence-electron chi connectivity index (χ1n) is 7.99. The van der Waals surface area contributed by atoms with E-state index in [9.17, 15) is 9.35 Å². The van der Waals surface area contributed by atoms with Gasteiger partial charge in [-0.15, -0.1) is 11.3 Å². The van der Waals surface area contributed by atoms with Crippen LogP contribution < -0.4 is 5.32 Å². The zero-order valence-electron chi connectivity index (χ0n) is 14.2. The molecule has 3 aromatic rings. The van der Waals surface area contributed by atoms with Crippen molar-refractivity contribution in [2.75, 3.05) is 5.32 Å². The van der Waals surface area contributed by atoms with Crippen molar-refractivity contribution in [1.29, 1.82) is 0 Å². The summed E-state index contributed by atoms with van der Waals surface area (Å²) in [6.07, 6.45) is 1.77. The Morgan fingerprint density at radius 1 is 1.19 bits per heavy atom. The third-order valence-corrected chi connectivity index (χ3v) is 6.59. The minimum atomic E-state index is -1.48. The van der Waals surface area contributed by atoms with Crippen LogP contribution in [0.3, 0.4) is 0 Å². The van der Waals surface area contributed by atoms with E-state index < -0.39 is 11.2 Å². The molecule has 0 fully saturated rings. The third-order valence-electron chi connectivity index (χ3n) is 3.67. The number of carbonyl (C=O) groups excluding carboxylic acids is 1. The van der Waals surface area contributed by atoms with E-state index in [1.165, 1.54) is 11.3 Å². The molecular formula is C19H17ClN2O2S2. The van der Waals surface area contributed by atoms with Crippen LogP contribution >= 0.6 is 22.9 Å². The number of halogens is 1. The molecule has 1 heterocycles. The topological polar surface area (TPSA) is 65.0 Å². The largest absolute Gasteiger partial charge is 0.606 e. The number of hydrogen-bond acceptors (Lipinski definition) is 4. The molecule has 1 aromatic heterocycles. The molecule has 2 aromatic carbocycles. The summed E-state index contributed by atoms with van der Waals surface area (Å²) in [5.41, 5.74) is 0.363. The van der Waals surface area contributed by atoms with Crippen LogP contribution in [0.15, 0.2) is 64.5 Å². The quantitative estimate of drug-likeness (QED) is 0.584. The standard InChI is InChI=1S/C19H17ClN2O2S2/c1-12(2)16-11-21-19(25-16)22-18(23)15-5-3-4-6-17(15)26(24)14-9-7-13(20)8-10-14/h3-12H,1-2H3,(H,21,22,23). The summed E-state index contributed by atoms with van der Waals surface area (Å²) in [5, 5.41) is 3.91. The smallest absolute Gasteiger partial charge is 0.262 e. The van der Waals surface area contributed by atoms with Crippen molar-refractivity contribution in [2.24, 2.45) is 0 Å². The molecule has 7 heteroatoms. The number of nitrogens with one attached hydrogen (secondary N) is 1. The zero-order chi connectivity index (χ0) is 18.7. The Morgan fingerprint density at radius 3 is 2.54 bits per heavy atom. The molecule has 1 amide bonds. The molecule has 134 valence electrons. The van der Waals surface area contributed by atoms with Gasteiger partial charge in [0.1, 0.15) is 0 Å². The molecule has 0 aliphatic heterocycles. The summed E-state index contributed by atoms with van der Waals surface area (Å²) in [4.78, 5) is 19.1. The Kier molecular flexibility index (Phi) is 5.98. The maximum atomic E-state index is 12.9. The van der Waals surface area contributed by atoms with Crippen molar-refractivity contribution in [3.05, 3.63) is 70.2 Å². The molecule has 0 bridgehead atoms. The van der Waals surface area contributed by atoms with Gasteiger partial charge in [0.2, 0.25) is 0 Å². The minimum absolute atomic E-state index is 0.326. The Labute approximate surface area is 164 Å². The van der Waals surface area contributed by atoms with E-state index in [0.29, 0.717) is 31.4 Å². The van der Waals surface area contributed by atoms with Gasteiger partial charge >= 0.3 is 0 Å². The SMILES string of the molecule is CC(C)c1cnc(NC(=O)c2ccccc2[S+]([O-])c2ccc(Cl)cc2)s1. The molecule has 0 saturated heterocycles. The molecule has 0 spiro atoms. The first kappa shape index (κ1) is 18.9. The molecule has 0 aliphatic rings. The summed E-state index contributed by atoms with van der Waals surface area (Å²) in [6, 6.07) is 13.6. The summed E-state index contributed by atoms with van der Waals surface area (Å²) >= 11 is 5.85. The summed E-state index contributed by atoms with van der Waals surface area (Å²) in [6.45, 7) is 4.15. The van der Waals surface area contributed by atoms with Crippen molar-refractivity contribution < 1.29 is 9.35 Å². The van der Waals surface area contributed by atoms with E-state index >= 15 is 0 Å². The van der Waals surface area contributed by atoms with E-state index in [-0.39, 0.29) is 5.91 Å². The van der Waals surface area contributed by atoms with E-state index in [1.807, 2.05) is 0 Å². The van der Waals surface area contributed by atoms with Gasteiger partial charge in [0, 0.05) is 27.3 Å². The molecule has 0 aliphatic carbocycles. The number of aromatic nitrogens is 1. The molecule has 1 atom stereocenters. The number of rotatable bonds is 5. The average Bonchev–Trinajstić information content (AvgIpc) is 3.10. The molecular weight excluding hydrogens is 388 g/mol. The van der Waals surface area contributed by atoms with Crippen molar-refractivity contribution in [1.82, 2.24) is 4.98 Å². The molecule has 1 unspecified atom stereocenters. The molecule has 0 saturated carbocycles. The highest BCUT2D eigenvalue weighted by atomic mass is 35.5. The van der Waals surface area contributed by atoms with Crippen LogP contribution in [0.2, 0.25) is 5.02 Å². The number of thiazole rings is 1.